The minimum Gasteiger partial charge on any atom is -0.399 e. The predicted octanol–water partition coefficient (Wildman–Crippen LogP) is 2.58. The minimum atomic E-state index is 0.560. The third-order valence-electron chi connectivity index (χ3n) is 2.98. The smallest absolute Gasteiger partial charge is 0.146 e. The van der Waals surface area contributed by atoms with E-state index in [0.29, 0.717) is 17.1 Å². The van der Waals surface area contributed by atoms with Crippen molar-refractivity contribution in [3.63, 3.8) is 0 Å². The molecule has 0 bridgehead atoms. The molecule has 96 valence electrons. The lowest BCUT2D eigenvalue weighted by molar-refractivity contribution is 1.06. The van der Waals surface area contributed by atoms with Crippen molar-refractivity contribution in [3.05, 3.63) is 41.6 Å². The fourth-order valence-corrected chi connectivity index (χ4v) is 1.99. The maximum absolute atomic E-state index is 9.22. The molecule has 0 aliphatic rings. The maximum atomic E-state index is 9.22. The fourth-order valence-electron chi connectivity index (χ4n) is 1.99. The van der Waals surface area contributed by atoms with Gasteiger partial charge in [0.15, 0.2) is 0 Å². The molecule has 1 heterocycles. The number of nitriles is 1. The summed E-state index contributed by atoms with van der Waals surface area (Å²) in [5.41, 5.74) is 10.1. The highest BCUT2D eigenvalue weighted by atomic mass is 15.1. The molecule has 0 atom stereocenters. The van der Waals surface area contributed by atoms with Crippen LogP contribution in [-0.4, -0.2) is 19.1 Å². The summed E-state index contributed by atoms with van der Waals surface area (Å²) in [7, 11) is 3.74. The normalized spacial score (nSPS) is 10.0. The van der Waals surface area contributed by atoms with E-state index in [4.69, 9.17) is 5.73 Å². The van der Waals surface area contributed by atoms with Gasteiger partial charge in [0.05, 0.1) is 5.56 Å². The van der Waals surface area contributed by atoms with Gasteiger partial charge in [0, 0.05) is 31.5 Å². The molecule has 19 heavy (non-hydrogen) atoms. The first kappa shape index (κ1) is 12.9. The van der Waals surface area contributed by atoms with Crippen LogP contribution in [0.3, 0.4) is 0 Å². The highest BCUT2D eigenvalue weighted by Gasteiger charge is 2.10. The highest BCUT2D eigenvalue weighted by Crippen LogP contribution is 2.28. The number of aryl methyl sites for hydroxylation is 1. The minimum absolute atomic E-state index is 0.560. The lowest BCUT2D eigenvalue weighted by Gasteiger charge is -2.14. The van der Waals surface area contributed by atoms with Gasteiger partial charge in [-0.1, -0.05) is 6.07 Å². The Morgan fingerprint density at radius 3 is 2.63 bits per heavy atom. The molecule has 2 aromatic rings. The van der Waals surface area contributed by atoms with Gasteiger partial charge in [-0.2, -0.15) is 5.26 Å². The molecule has 0 fully saturated rings. The van der Waals surface area contributed by atoms with Crippen LogP contribution in [0.15, 0.2) is 30.5 Å². The predicted molar refractivity (Wildman–Crippen MR) is 77.9 cm³/mol. The Morgan fingerprint density at radius 1 is 1.26 bits per heavy atom. The zero-order valence-electron chi connectivity index (χ0n) is 11.3. The van der Waals surface area contributed by atoms with Crippen LogP contribution in [0.2, 0.25) is 0 Å². The van der Waals surface area contributed by atoms with Crippen molar-refractivity contribution < 1.29 is 0 Å². The lowest BCUT2D eigenvalue weighted by Crippen LogP contribution is -2.12. The summed E-state index contributed by atoms with van der Waals surface area (Å²) in [4.78, 5) is 6.19. The van der Waals surface area contributed by atoms with Crippen LogP contribution in [-0.2, 0) is 0 Å². The second kappa shape index (κ2) is 4.99. The molecule has 0 amide bonds. The average Bonchev–Trinajstić information content (AvgIpc) is 2.40. The molecular formula is C15H16N4. The van der Waals surface area contributed by atoms with E-state index in [1.54, 1.807) is 6.20 Å². The molecule has 0 aliphatic carbocycles. The van der Waals surface area contributed by atoms with Gasteiger partial charge in [0.2, 0.25) is 0 Å². The topological polar surface area (TPSA) is 65.9 Å². The van der Waals surface area contributed by atoms with Crippen molar-refractivity contribution in [1.82, 2.24) is 4.98 Å². The van der Waals surface area contributed by atoms with Crippen molar-refractivity contribution in [3.8, 4) is 17.2 Å². The van der Waals surface area contributed by atoms with E-state index in [0.717, 1.165) is 16.7 Å². The average molecular weight is 252 g/mol. The summed E-state index contributed by atoms with van der Waals surface area (Å²) in [6.45, 7) is 2.01. The number of hydrogen-bond donors (Lipinski definition) is 1. The van der Waals surface area contributed by atoms with E-state index in [2.05, 4.69) is 11.1 Å². The van der Waals surface area contributed by atoms with Gasteiger partial charge in [0.25, 0.3) is 0 Å². The third kappa shape index (κ3) is 2.50. The van der Waals surface area contributed by atoms with Gasteiger partial charge in [-0.25, -0.2) is 4.98 Å². The van der Waals surface area contributed by atoms with Crippen LogP contribution >= 0.6 is 0 Å². The van der Waals surface area contributed by atoms with E-state index in [9.17, 15) is 5.26 Å². The standard InChI is InChI=1S/C15H16N4/c1-10-4-5-13(17)7-14(10)12-6-11(8-16)15(18-9-12)19(2)3/h4-7,9H,17H2,1-3H3. The Hall–Kier alpha value is -2.54. The van der Waals surface area contributed by atoms with E-state index in [1.807, 2.05) is 50.2 Å². The third-order valence-corrected chi connectivity index (χ3v) is 2.98. The van der Waals surface area contributed by atoms with Crippen molar-refractivity contribution >= 4 is 11.5 Å². The van der Waals surface area contributed by atoms with E-state index < -0.39 is 0 Å². The first-order valence-electron chi connectivity index (χ1n) is 5.97. The summed E-state index contributed by atoms with van der Waals surface area (Å²) >= 11 is 0. The van der Waals surface area contributed by atoms with Crippen LogP contribution in [0.5, 0.6) is 0 Å². The number of nitrogen functional groups attached to an aromatic ring is 1. The molecule has 1 aromatic carbocycles. The monoisotopic (exact) mass is 252 g/mol. The van der Waals surface area contributed by atoms with Gasteiger partial charge in [-0.15, -0.1) is 0 Å². The van der Waals surface area contributed by atoms with Crippen LogP contribution in [0, 0.1) is 18.3 Å². The molecule has 4 heteroatoms. The highest BCUT2D eigenvalue weighted by molar-refractivity contribution is 5.73. The molecule has 0 unspecified atom stereocenters. The van der Waals surface area contributed by atoms with Gasteiger partial charge >= 0.3 is 0 Å². The first-order valence-corrected chi connectivity index (χ1v) is 5.97. The van der Waals surface area contributed by atoms with Gasteiger partial charge in [0.1, 0.15) is 11.9 Å². The number of nitrogens with two attached hydrogens (primary N) is 1. The molecule has 0 saturated carbocycles. The number of anilines is 2. The van der Waals surface area contributed by atoms with Gasteiger partial charge < -0.3 is 10.6 Å². The maximum Gasteiger partial charge on any atom is 0.146 e. The largest absolute Gasteiger partial charge is 0.399 e. The van der Waals surface area contributed by atoms with Crippen LogP contribution in [0.25, 0.3) is 11.1 Å². The summed E-state index contributed by atoms with van der Waals surface area (Å²) in [5.74, 6) is 0.674. The zero-order valence-corrected chi connectivity index (χ0v) is 11.3. The number of hydrogen-bond acceptors (Lipinski definition) is 4. The van der Waals surface area contributed by atoms with Gasteiger partial charge in [-0.3, -0.25) is 0 Å². The van der Waals surface area contributed by atoms with Gasteiger partial charge in [-0.05, 0) is 36.2 Å². The lowest BCUT2D eigenvalue weighted by atomic mass is 10.00. The van der Waals surface area contributed by atoms with Crippen molar-refractivity contribution in [1.29, 1.82) is 5.26 Å². The van der Waals surface area contributed by atoms with Crippen molar-refractivity contribution in [2.75, 3.05) is 24.7 Å². The summed E-state index contributed by atoms with van der Waals surface area (Å²) < 4.78 is 0. The number of benzene rings is 1. The van der Waals surface area contributed by atoms with Crippen LogP contribution in [0.4, 0.5) is 11.5 Å². The Kier molecular flexibility index (Phi) is 3.39. The molecule has 1 aromatic heterocycles. The zero-order chi connectivity index (χ0) is 14.0. The summed E-state index contributed by atoms with van der Waals surface area (Å²) in [5, 5.41) is 9.22. The fraction of sp³-hybridized carbons (Fsp3) is 0.200. The van der Waals surface area contributed by atoms with E-state index >= 15 is 0 Å². The number of pyridine rings is 1. The molecule has 0 saturated heterocycles. The molecule has 2 rings (SSSR count). The quantitative estimate of drug-likeness (QED) is 0.834. The SMILES string of the molecule is Cc1ccc(N)cc1-c1cnc(N(C)C)c(C#N)c1. The molecule has 0 radical (unpaired) electrons. The van der Waals surface area contributed by atoms with Crippen LogP contribution in [0.1, 0.15) is 11.1 Å². The summed E-state index contributed by atoms with van der Waals surface area (Å²) in [6.07, 6.45) is 1.78. The molecular weight excluding hydrogens is 236 g/mol. The molecule has 0 aliphatic heterocycles. The van der Waals surface area contributed by atoms with Crippen molar-refractivity contribution in [2.45, 2.75) is 6.92 Å². The Labute approximate surface area is 113 Å². The number of aromatic nitrogens is 1. The van der Waals surface area contributed by atoms with E-state index in [1.165, 1.54) is 0 Å². The Morgan fingerprint density at radius 2 is 2.00 bits per heavy atom. The van der Waals surface area contributed by atoms with Crippen LogP contribution < -0.4 is 10.6 Å². The first-order chi connectivity index (χ1) is 9.02. The second-order valence-electron chi connectivity index (χ2n) is 4.68. The Balaban J connectivity index is 2.59. The molecule has 0 spiro atoms. The summed E-state index contributed by atoms with van der Waals surface area (Å²) in [6, 6.07) is 9.78. The van der Waals surface area contributed by atoms with Crippen molar-refractivity contribution in [2.24, 2.45) is 0 Å². The number of nitrogens with zero attached hydrogens (tertiary/aromatic N) is 3. The Bertz CT molecular complexity index is 654. The molecule has 4 nitrogen and oxygen atoms in total. The molecule has 2 N–H and O–H groups in total. The van der Waals surface area contributed by atoms with E-state index in [-0.39, 0.29) is 0 Å². The second-order valence-corrected chi connectivity index (χ2v) is 4.68. The number of rotatable bonds is 2.